The van der Waals surface area contributed by atoms with Crippen LogP contribution < -0.4 is 0 Å². The fourth-order valence-corrected chi connectivity index (χ4v) is 1.34. The summed E-state index contributed by atoms with van der Waals surface area (Å²) in [6, 6.07) is 0. The van der Waals surface area contributed by atoms with Gasteiger partial charge in [-0.15, -0.1) is 0 Å². The molecule has 0 bridgehead atoms. The molecular weight excluding hydrogens is 200 g/mol. The van der Waals surface area contributed by atoms with E-state index in [1.165, 1.54) is 6.92 Å². The Bertz CT molecular complexity index is 263. The summed E-state index contributed by atoms with van der Waals surface area (Å²) in [4.78, 5) is 31.1. The summed E-state index contributed by atoms with van der Waals surface area (Å²) < 4.78 is 9.08. The van der Waals surface area contributed by atoms with Gasteiger partial charge in [-0.2, -0.15) is 0 Å². The number of cyclic esters (lactones) is 2. The van der Waals surface area contributed by atoms with E-state index in [0.717, 1.165) is 6.42 Å². The van der Waals surface area contributed by atoms with Gasteiger partial charge in [0.2, 0.25) is 0 Å². The van der Waals surface area contributed by atoms with Crippen molar-refractivity contribution in [2.45, 2.75) is 26.2 Å². The summed E-state index contributed by atoms with van der Waals surface area (Å²) in [5.74, 6) is -0.958. The van der Waals surface area contributed by atoms with Gasteiger partial charge in [0, 0.05) is 12.8 Å². The van der Waals surface area contributed by atoms with Crippen LogP contribution in [0.2, 0.25) is 0 Å². The van der Waals surface area contributed by atoms with Gasteiger partial charge in [-0.05, 0) is 13.3 Å². The lowest BCUT2D eigenvalue weighted by molar-refractivity contribution is -0.144. The highest BCUT2D eigenvalue weighted by molar-refractivity contribution is 5.98. The highest BCUT2D eigenvalue weighted by Gasteiger charge is 2.29. The average Bonchev–Trinajstić information content (AvgIpc) is 2.77. The lowest BCUT2D eigenvalue weighted by Crippen LogP contribution is -2.15. The Kier molecular flexibility index (Phi) is 4.27. The average molecular weight is 214 g/mol. The van der Waals surface area contributed by atoms with Crippen LogP contribution in [0, 0.1) is 5.92 Å². The Morgan fingerprint density at radius 1 is 1.27 bits per heavy atom. The van der Waals surface area contributed by atoms with E-state index in [0.29, 0.717) is 26.1 Å². The molecule has 0 saturated carbocycles. The maximum atomic E-state index is 10.6. The molecular formula is C10H14O5. The van der Waals surface area contributed by atoms with Crippen molar-refractivity contribution in [2.24, 2.45) is 5.92 Å². The molecule has 2 fully saturated rings. The molecule has 5 nitrogen and oxygen atoms in total. The zero-order chi connectivity index (χ0) is 11.3. The Balaban J connectivity index is 0.000000162. The molecule has 0 amide bonds. The molecule has 0 radical (unpaired) electrons. The first-order chi connectivity index (χ1) is 7.11. The zero-order valence-electron chi connectivity index (χ0n) is 8.65. The minimum absolute atomic E-state index is 0.0463. The van der Waals surface area contributed by atoms with E-state index in [-0.39, 0.29) is 17.7 Å². The number of rotatable bonds is 1. The van der Waals surface area contributed by atoms with Crippen LogP contribution in [0.25, 0.3) is 0 Å². The zero-order valence-corrected chi connectivity index (χ0v) is 8.65. The van der Waals surface area contributed by atoms with Crippen molar-refractivity contribution in [2.75, 3.05) is 13.2 Å². The SMILES string of the molecule is CC(=O)C1CCOC1=O.O=C1CCCO1. The van der Waals surface area contributed by atoms with Gasteiger partial charge < -0.3 is 9.47 Å². The molecule has 5 heteroatoms. The summed E-state index contributed by atoms with van der Waals surface area (Å²) in [5.41, 5.74) is 0. The smallest absolute Gasteiger partial charge is 0.316 e. The monoisotopic (exact) mass is 214 g/mol. The second kappa shape index (κ2) is 5.48. The molecule has 0 aromatic rings. The van der Waals surface area contributed by atoms with Crippen LogP contribution in [0.5, 0.6) is 0 Å². The van der Waals surface area contributed by atoms with Crippen molar-refractivity contribution in [3.05, 3.63) is 0 Å². The van der Waals surface area contributed by atoms with Crippen LogP contribution in [0.3, 0.4) is 0 Å². The summed E-state index contributed by atoms with van der Waals surface area (Å²) in [6.07, 6.45) is 2.10. The normalized spacial score (nSPS) is 23.9. The molecule has 0 spiro atoms. The van der Waals surface area contributed by atoms with Crippen molar-refractivity contribution in [3.8, 4) is 0 Å². The van der Waals surface area contributed by atoms with E-state index >= 15 is 0 Å². The summed E-state index contributed by atoms with van der Waals surface area (Å²) in [5, 5.41) is 0. The first kappa shape index (κ1) is 11.7. The molecule has 2 rings (SSSR count). The first-order valence-electron chi connectivity index (χ1n) is 4.94. The van der Waals surface area contributed by atoms with E-state index in [9.17, 15) is 14.4 Å². The molecule has 2 saturated heterocycles. The summed E-state index contributed by atoms with van der Waals surface area (Å²) in [7, 11) is 0. The minimum Gasteiger partial charge on any atom is -0.466 e. The van der Waals surface area contributed by atoms with Crippen LogP contribution >= 0.6 is 0 Å². The molecule has 15 heavy (non-hydrogen) atoms. The summed E-state index contributed by atoms with van der Waals surface area (Å²) >= 11 is 0. The minimum atomic E-state index is -0.468. The number of Topliss-reactive ketones (excluding diaryl/α,β-unsaturated/α-hetero) is 1. The molecule has 1 atom stereocenters. The molecule has 0 aliphatic carbocycles. The van der Waals surface area contributed by atoms with E-state index in [1.54, 1.807) is 0 Å². The van der Waals surface area contributed by atoms with Crippen LogP contribution in [0.4, 0.5) is 0 Å². The molecule has 2 heterocycles. The molecule has 0 aromatic carbocycles. The van der Waals surface area contributed by atoms with Gasteiger partial charge in [0.15, 0.2) is 0 Å². The van der Waals surface area contributed by atoms with E-state index < -0.39 is 5.92 Å². The third-order valence-corrected chi connectivity index (χ3v) is 2.21. The Morgan fingerprint density at radius 2 is 2.00 bits per heavy atom. The standard InChI is InChI=1S/C6H8O3.C4H6O2/c1-4(7)5-2-3-9-6(5)8;5-4-2-1-3-6-4/h5H,2-3H2,1H3;1-3H2. The number of carbonyl (C=O) groups excluding carboxylic acids is 3. The van der Waals surface area contributed by atoms with E-state index in [4.69, 9.17) is 0 Å². The van der Waals surface area contributed by atoms with Gasteiger partial charge in [-0.3, -0.25) is 14.4 Å². The first-order valence-corrected chi connectivity index (χ1v) is 4.94. The molecule has 84 valence electrons. The van der Waals surface area contributed by atoms with Crippen molar-refractivity contribution in [3.63, 3.8) is 0 Å². The third kappa shape index (κ3) is 3.69. The quantitative estimate of drug-likeness (QED) is 0.468. The molecule has 0 N–H and O–H groups in total. The van der Waals surface area contributed by atoms with Crippen molar-refractivity contribution < 1.29 is 23.9 Å². The Labute approximate surface area is 87.7 Å². The van der Waals surface area contributed by atoms with Crippen LogP contribution in [-0.2, 0) is 23.9 Å². The van der Waals surface area contributed by atoms with Gasteiger partial charge in [-0.25, -0.2) is 0 Å². The number of ketones is 1. The number of ether oxygens (including phenoxy) is 2. The fraction of sp³-hybridized carbons (Fsp3) is 0.700. The lowest BCUT2D eigenvalue weighted by atomic mass is 10.1. The predicted octanol–water partition coefficient (Wildman–Crippen LogP) is 0.462. The number of carbonyl (C=O) groups is 3. The topological polar surface area (TPSA) is 69.7 Å². The largest absolute Gasteiger partial charge is 0.466 e. The van der Waals surface area contributed by atoms with Crippen LogP contribution in [0.15, 0.2) is 0 Å². The summed E-state index contributed by atoms with van der Waals surface area (Å²) in [6.45, 7) is 2.46. The van der Waals surface area contributed by atoms with Crippen molar-refractivity contribution in [1.29, 1.82) is 0 Å². The lowest BCUT2D eigenvalue weighted by Gasteiger charge is -1.95. The van der Waals surface area contributed by atoms with Gasteiger partial charge in [0.25, 0.3) is 0 Å². The van der Waals surface area contributed by atoms with Gasteiger partial charge >= 0.3 is 11.9 Å². The van der Waals surface area contributed by atoms with Gasteiger partial charge in [0.1, 0.15) is 11.7 Å². The maximum Gasteiger partial charge on any atom is 0.316 e. The highest BCUT2D eigenvalue weighted by atomic mass is 16.5. The van der Waals surface area contributed by atoms with E-state index in [2.05, 4.69) is 9.47 Å². The second-order valence-electron chi connectivity index (χ2n) is 3.44. The Morgan fingerprint density at radius 3 is 2.20 bits per heavy atom. The number of hydrogen-bond donors (Lipinski definition) is 0. The van der Waals surface area contributed by atoms with Gasteiger partial charge in [-0.1, -0.05) is 0 Å². The van der Waals surface area contributed by atoms with Crippen LogP contribution in [-0.4, -0.2) is 30.9 Å². The molecule has 2 aliphatic rings. The molecule has 2 aliphatic heterocycles. The van der Waals surface area contributed by atoms with Crippen molar-refractivity contribution in [1.82, 2.24) is 0 Å². The molecule has 0 aromatic heterocycles. The molecule has 1 unspecified atom stereocenters. The number of hydrogen-bond acceptors (Lipinski definition) is 5. The highest BCUT2D eigenvalue weighted by Crippen LogP contribution is 2.14. The van der Waals surface area contributed by atoms with Crippen molar-refractivity contribution >= 4 is 17.7 Å². The van der Waals surface area contributed by atoms with Crippen LogP contribution in [0.1, 0.15) is 26.2 Å². The second-order valence-corrected chi connectivity index (χ2v) is 3.44. The fourth-order valence-electron chi connectivity index (χ4n) is 1.34. The van der Waals surface area contributed by atoms with E-state index in [1.807, 2.05) is 0 Å². The Hall–Kier alpha value is -1.39. The predicted molar refractivity (Wildman–Crippen MR) is 49.9 cm³/mol. The third-order valence-electron chi connectivity index (χ3n) is 2.21. The van der Waals surface area contributed by atoms with Gasteiger partial charge in [0.05, 0.1) is 13.2 Å². The number of esters is 2. The maximum absolute atomic E-state index is 10.6.